The Hall–Kier alpha value is -3.45. The molecule has 0 aromatic heterocycles. The summed E-state index contributed by atoms with van der Waals surface area (Å²) in [6.07, 6.45) is 2.66. The summed E-state index contributed by atoms with van der Waals surface area (Å²) < 4.78 is 17.9. The van der Waals surface area contributed by atoms with Gasteiger partial charge in [0.05, 0.1) is 13.2 Å². The van der Waals surface area contributed by atoms with Crippen LogP contribution in [0.1, 0.15) is 36.1 Å². The highest BCUT2D eigenvalue weighted by Gasteiger charge is 2.28. The number of para-hydroxylation sites is 1. The third-order valence-electron chi connectivity index (χ3n) is 5.19. The van der Waals surface area contributed by atoms with Crippen LogP contribution < -0.4 is 19.9 Å². The smallest absolute Gasteiger partial charge is 0.266 e. The monoisotopic (exact) mass is 476 g/mol. The number of thioether (sulfide) groups is 1. The number of nitrogens with zero attached hydrogens (tertiary/aromatic N) is 1. The third-order valence-corrected chi connectivity index (χ3v) is 6.23. The number of carbonyl (C=O) groups excluding carboxylic acids is 1. The minimum absolute atomic E-state index is 0.226. The van der Waals surface area contributed by atoms with E-state index >= 15 is 0 Å². The second kappa shape index (κ2) is 11.6. The second-order valence-electron chi connectivity index (χ2n) is 7.84. The van der Waals surface area contributed by atoms with Crippen LogP contribution in [0, 0.1) is 0 Å². The Balaban J connectivity index is 1.27. The van der Waals surface area contributed by atoms with Crippen LogP contribution in [0.3, 0.4) is 0 Å². The molecule has 0 radical (unpaired) electrons. The lowest BCUT2D eigenvalue weighted by Crippen LogP contribution is -2.07. The summed E-state index contributed by atoms with van der Waals surface area (Å²) in [6, 6.07) is 23.2. The number of ether oxygens (including phenoxy) is 3. The van der Waals surface area contributed by atoms with E-state index in [0.717, 1.165) is 47.6 Å². The average Bonchev–Trinajstić information content (AvgIpc) is 3.19. The summed E-state index contributed by atoms with van der Waals surface area (Å²) in [5.74, 6) is 2.98. The Morgan fingerprint density at radius 1 is 0.912 bits per heavy atom. The maximum Gasteiger partial charge on any atom is 0.266 e. The molecule has 3 aromatic rings. The van der Waals surface area contributed by atoms with Gasteiger partial charge in [-0.1, -0.05) is 55.4 Å². The Kier molecular flexibility index (Phi) is 8.09. The van der Waals surface area contributed by atoms with Gasteiger partial charge in [0.1, 0.15) is 28.2 Å². The van der Waals surface area contributed by atoms with E-state index in [2.05, 4.69) is 11.9 Å². The van der Waals surface area contributed by atoms with Crippen LogP contribution >= 0.6 is 11.8 Å². The van der Waals surface area contributed by atoms with Crippen LogP contribution in [0.5, 0.6) is 23.0 Å². The molecule has 1 atom stereocenters. The molecule has 176 valence electrons. The molecule has 0 fully saturated rings. The Labute approximate surface area is 204 Å². The van der Waals surface area contributed by atoms with Crippen molar-refractivity contribution in [1.29, 1.82) is 0 Å². The summed E-state index contributed by atoms with van der Waals surface area (Å²) in [4.78, 5) is 15.8. The Morgan fingerprint density at radius 2 is 1.71 bits per heavy atom. The van der Waals surface area contributed by atoms with Crippen molar-refractivity contribution in [3.8, 4) is 23.0 Å². The summed E-state index contributed by atoms with van der Waals surface area (Å²) in [7, 11) is 0. The normalized spacial score (nSPS) is 15.1. The van der Waals surface area contributed by atoms with E-state index in [9.17, 15) is 4.79 Å². The quantitative estimate of drug-likeness (QED) is 0.347. The molecule has 0 saturated carbocycles. The van der Waals surface area contributed by atoms with Crippen molar-refractivity contribution >= 4 is 22.8 Å². The topological polar surface area (TPSA) is 83.1 Å². The van der Waals surface area contributed by atoms with Crippen LogP contribution in [-0.2, 0) is 11.2 Å². The molecule has 1 aliphatic heterocycles. The predicted molar refractivity (Wildman–Crippen MR) is 136 cm³/mol. The molecule has 3 aromatic carbocycles. The van der Waals surface area contributed by atoms with E-state index in [1.165, 1.54) is 11.8 Å². The summed E-state index contributed by atoms with van der Waals surface area (Å²) in [5.41, 5.74) is 7.64. The highest BCUT2D eigenvalue weighted by Crippen LogP contribution is 2.36. The first-order chi connectivity index (χ1) is 16.6. The first-order valence-corrected chi connectivity index (χ1v) is 12.3. The van der Waals surface area contributed by atoms with E-state index in [4.69, 9.17) is 19.9 Å². The molecule has 7 heteroatoms. The van der Waals surface area contributed by atoms with Gasteiger partial charge in [-0.15, -0.1) is 0 Å². The van der Waals surface area contributed by atoms with Crippen molar-refractivity contribution in [2.45, 2.75) is 31.4 Å². The number of rotatable bonds is 11. The van der Waals surface area contributed by atoms with E-state index in [1.807, 2.05) is 72.8 Å². The number of hydrogen-bond donors (Lipinski definition) is 1. The molecule has 6 nitrogen and oxygen atoms in total. The number of aliphatic imine (C=N–C) groups is 1. The molecular weight excluding hydrogens is 448 g/mol. The molecule has 0 aliphatic carbocycles. The molecule has 1 unspecified atom stereocenters. The average molecular weight is 477 g/mol. The maximum absolute atomic E-state index is 12.0. The fraction of sp³-hybridized carbons (Fsp3) is 0.259. The number of nitrogens with two attached hydrogens (primary N) is 1. The molecule has 34 heavy (non-hydrogen) atoms. The van der Waals surface area contributed by atoms with Crippen molar-refractivity contribution in [2.75, 3.05) is 13.2 Å². The summed E-state index contributed by atoms with van der Waals surface area (Å²) >= 11 is 1.27. The van der Waals surface area contributed by atoms with E-state index in [0.29, 0.717) is 24.1 Å². The SMILES string of the molecule is CCCc1cc(Oc2ccccc2)ccc1OCCCOc1cccc(C2SC(N)=NC2=O)c1. The van der Waals surface area contributed by atoms with Gasteiger partial charge in [-0.05, 0) is 60.0 Å². The first kappa shape index (κ1) is 23.7. The van der Waals surface area contributed by atoms with Gasteiger partial charge >= 0.3 is 0 Å². The van der Waals surface area contributed by atoms with Crippen LogP contribution in [0.25, 0.3) is 0 Å². The number of amides is 1. The Morgan fingerprint density at radius 3 is 2.47 bits per heavy atom. The summed E-state index contributed by atoms with van der Waals surface area (Å²) in [6.45, 7) is 3.19. The summed E-state index contributed by atoms with van der Waals surface area (Å²) in [5, 5.41) is -0.0849. The lowest BCUT2D eigenvalue weighted by atomic mass is 10.1. The van der Waals surface area contributed by atoms with Gasteiger partial charge in [0, 0.05) is 6.42 Å². The predicted octanol–water partition coefficient (Wildman–Crippen LogP) is 5.91. The zero-order chi connectivity index (χ0) is 23.8. The molecule has 0 spiro atoms. The van der Waals surface area contributed by atoms with Crippen molar-refractivity contribution in [3.05, 3.63) is 83.9 Å². The van der Waals surface area contributed by atoms with Gasteiger partial charge in [-0.2, -0.15) is 4.99 Å². The van der Waals surface area contributed by atoms with Gasteiger partial charge in [0.2, 0.25) is 0 Å². The number of carbonyl (C=O) groups is 1. The molecule has 0 saturated heterocycles. The van der Waals surface area contributed by atoms with Crippen molar-refractivity contribution in [2.24, 2.45) is 10.7 Å². The fourth-order valence-electron chi connectivity index (χ4n) is 3.62. The van der Waals surface area contributed by atoms with Crippen molar-refractivity contribution < 1.29 is 19.0 Å². The van der Waals surface area contributed by atoms with Crippen LogP contribution in [-0.4, -0.2) is 24.3 Å². The second-order valence-corrected chi connectivity index (χ2v) is 8.97. The van der Waals surface area contributed by atoms with Gasteiger partial charge in [-0.3, -0.25) is 4.79 Å². The van der Waals surface area contributed by atoms with Crippen LogP contribution in [0.2, 0.25) is 0 Å². The standard InChI is InChI=1S/C27H28N2O4S/c1-2-8-19-17-23(33-21-10-4-3-5-11-21)13-14-24(19)32-16-7-15-31-22-12-6-9-20(18-22)25-26(30)29-27(28)34-25/h3-6,9-14,17-18,25H,2,7-8,15-16H2,1H3,(H2,28,29,30). The van der Waals surface area contributed by atoms with Crippen molar-refractivity contribution in [3.63, 3.8) is 0 Å². The van der Waals surface area contributed by atoms with Gasteiger partial charge in [-0.25, -0.2) is 0 Å². The first-order valence-electron chi connectivity index (χ1n) is 11.4. The van der Waals surface area contributed by atoms with Crippen molar-refractivity contribution in [1.82, 2.24) is 0 Å². The van der Waals surface area contributed by atoms with Gasteiger partial charge in [0.15, 0.2) is 5.17 Å². The number of aryl methyl sites for hydroxylation is 1. The molecule has 0 bridgehead atoms. The Bertz CT molecular complexity index is 1150. The van der Waals surface area contributed by atoms with Crippen LogP contribution in [0.4, 0.5) is 0 Å². The fourth-order valence-corrected chi connectivity index (χ4v) is 4.44. The van der Waals surface area contributed by atoms with E-state index in [1.54, 1.807) is 0 Å². The highest BCUT2D eigenvalue weighted by atomic mass is 32.2. The number of amidine groups is 1. The lowest BCUT2D eigenvalue weighted by Gasteiger charge is -2.14. The minimum Gasteiger partial charge on any atom is -0.493 e. The number of hydrogen-bond acceptors (Lipinski definition) is 6. The van der Waals surface area contributed by atoms with Crippen LogP contribution in [0.15, 0.2) is 77.8 Å². The zero-order valence-corrected chi connectivity index (χ0v) is 19.9. The maximum atomic E-state index is 12.0. The highest BCUT2D eigenvalue weighted by molar-refractivity contribution is 8.15. The molecular formula is C27H28N2O4S. The molecule has 2 N–H and O–H groups in total. The minimum atomic E-state index is -0.391. The van der Waals surface area contributed by atoms with E-state index in [-0.39, 0.29) is 5.91 Å². The lowest BCUT2D eigenvalue weighted by molar-refractivity contribution is -0.117. The largest absolute Gasteiger partial charge is 0.493 e. The van der Waals surface area contributed by atoms with Gasteiger partial charge in [0.25, 0.3) is 5.91 Å². The third kappa shape index (κ3) is 6.32. The molecule has 1 amide bonds. The van der Waals surface area contributed by atoms with Gasteiger partial charge < -0.3 is 19.9 Å². The molecule has 1 heterocycles. The molecule has 1 aliphatic rings. The van der Waals surface area contributed by atoms with E-state index < -0.39 is 5.25 Å². The number of benzene rings is 3. The zero-order valence-electron chi connectivity index (χ0n) is 19.1. The molecule has 4 rings (SSSR count).